The normalized spacial score (nSPS) is 21.8. The van der Waals surface area contributed by atoms with Crippen molar-refractivity contribution in [2.45, 2.75) is 65.0 Å². The van der Waals surface area contributed by atoms with Gasteiger partial charge in [-0.1, -0.05) is 13.3 Å². The minimum atomic E-state index is -0.165. The van der Waals surface area contributed by atoms with E-state index in [2.05, 4.69) is 11.8 Å². The molecular weight excluding hydrogens is 230 g/mol. The first-order chi connectivity index (χ1) is 8.60. The summed E-state index contributed by atoms with van der Waals surface area (Å²) in [6.45, 7) is 6.85. The van der Waals surface area contributed by atoms with Crippen LogP contribution in [0.2, 0.25) is 0 Å². The summed E-state index contributed by atoms with van der Waals surface area (Å²) in [6.07, 6.45) is 4.40. The van der Waals surface area contributed by atoms with Crippen LogP contribution in [0.25, 0.3) is 0 Å². The zero-order chi connectivity index (χ0) is 13.5. The molecule has 0 radical (unpaired) electrons. The summed E-state index contributed by atoms with van der Waals surface area (Å²) in [4.78, 5) is 25.5. The Bertz CT molecular complexity index is 291. The third kappa shape index (κ3) is 4.09. The van der Waals surface area contributed by atoms with E-state index in [1.54, 1.807) is 6.92 Å². The summed E-state index contributed by atoms with van der Waals surface area (Å²) >= 11 is 0. The van der Waals surface area contributed by atoms with Crippen LogP contribution in [0.5, 0.6) is 0 Å². The van der Waals surface area contributed by atoms with Crippen LogP contribution in [0.3, 0.4) is 0 Å². The van der Waals surface area contributed by atoms with Crippen molar-refractivity contribution in [2.24, 2.45) is 0 Å². The van der Waals surface area contributed by atoms with Gasteiger partial charge < -0.3 is 4.74 Å². The highest BCUT2D eigenvalue weighted by Crippen LogP contribution is 2.25. The van der Waals surface area contributed by atoms with Gasteiger partial charge in [-0.15, -0.1) is 0 Å². The fraction of sp³-hybridized carbons (Fsp3) is 0.857. The van der Waals surface area contributed by atoms with E-state index in [4.69, 9.17) is 4.74 Å². The number of carbonyl (C=O) groups is 2. The van der Waals surface area contributed by atoms with Crippen LogP contribution in [-0.4, -0.2) is 41.9 Å². The number of carbonyl (C=O) groups excluding carboxylic acids is 2. The number of ketones is 1. The second-order valence-corrected chi connectivity index (χ2v) is 5.00. The molecule has 2 atom stereocenters. The molecule has 0 aromatic rings. The van der Waals surface area contributed by atoms with E-state index in [1.165, 1.54) is 0 Å². The fourth-order valence-corrected chi connectivity index (χ4v) is 2.75. The molecule has 0 aromatic carbocycles. The van der Waals surface area contributed by atoms with E-state index in [0.717, 1.165) is 32.2 Å². The van der Waals surface area contributed by atoms with Gasteiger partial charge in [-0.05, 0) is 39.7 Å². The van der Waals surface area contributed by atoms with Crippen LogP contribution in [0.1, 0.15) is 52.9 Å². The molecular formula is C14H25NO3. The standard InChI is InChI=1S/C14H25NO3/c1-4-7-13(14(17)18-5-2)15-9-6-8-12(15)10-11(3)16/h12-13H,4-10H2,1-3H3. The maximum absolute atomic E-state index is 12.0. The van der Waals surface area contributed by atoms with E-state index in [1.807, 2.05) is 6.92 Å². The largest absolute Gasteiger partial charge is 0.465 e. The molecule has 104 valence electrons. The van der Waals surface area contributed by atoms with Gasteiger partial charge >= 0.3 is 5.97 Å². The van der Waals surface area contributed by atoms with Crippen molar-refractivity contribution in [2.75, 3.05) is 13.2 Å². The predicted octanol–water partition coefficient (Wildman–Crippen LogP) is 2.16. The van der Waals surface area contributed by atoms with E-state index in [9.17, 15) is 9.59 Å². The summed E-state index contributed by atoms with van der Waals surface area (Å²) in [6, 6.07) is 0.0604. The molecule has 4 heteroatoms. The highest BCUT2D eigenvalue weighted by molar-refractivity contribution is 5.77. The summed E-state index contributed by atoms with van der Waals surface area (Å²) in [5, 5.41) is 0. The number of ether oxygens (including phenoxy) is 1. The SMILES string of the molecule is CCCC(C(=O)OCC)N1CCCC1CC(C)=O. The quantitative estimate of drug-likeness (QED) is 0.654. The summed E-state index contributed by atoms with van der Waals surface area (Å²) in [7, 11) is 0. The molecule has 1 aliphatic heterocycles. The third-order valence-corrected chi connectivity index (χ3v) is 3.47. The maximum Gasteiger partial charge on any atom is 0.323 e. The number of esters is 1. The van der Waals surface area contributed by atoms with Gasteiger partial charge in [0.15, 0.2) is 0 Å². The number of Topliss-reactive ketones (excluding diaryl/α,β-unsaturated/α-hetero) is 1. The molecule has 2 unspecified atom stereocenters. The van der Waals surface area contributed by atoms with E-state index in [0.29, 0.717) is 13.0 Å². The first-order valence-corrected chi connectivity index (χ1v) is 7.01. The molecule has 1 fully saturated rings. The Balaban J connectivity index is 2.70. The minimum absolute atomic E-state index is 0.130. The van der Waals surface area contributed by atoms with Crippen molar-refractivity contribution >= 4 is 11.8 Å². The van der Waals surface area contributed by atoms with Gasteiger partial charge in [-0.25, -0.2) is 0 Å². The van der Waals surface area contributed by atoms with E-state index < -0.39 is 0 Å². The number of hydrogen-bond acceptors (Lipinski definition) is 4. The first-order valence-electron chi connectivity index (χ1n) is 7.01. The molecule has 0 aliphatic carbocycles. The predicted molar refractivity (Wildman–Crippen MR) is 70.4 cm³/mol. The smallest absolute Gasteiger partial charge is 0.323 e. The summed E-state index contributed by atoms with van der Waals surface area (Å²) in [5.41, 5.74) is 0. The van der Waals surface area contributed by atoms with Crippen molar-refractivity contribution < 1.29 is 14.3 Å². The molecule has 1 aliphatic rings. The molecule has 1 saturated heterocycles. The average molecular weight is 255 g/mol. The summed E-state index contributed by atoms with van der Waals surface area (Å²) < 4.78 is 5.16. The van der Waals surface area contributed by atoms with Gasteiger partial charge in [0.1, 0.15) is 11.8 Å². The Kier molecular flexibility index (Phi) is 6.33. The van der Waals surface area contributed by atoms with Gasteiger partial charge in [-0.2, -0.15) is 0 Å². The van der Waals surface area contributed by atoms with E-state index in [-0.39, 0.29) is 23.8 Å². The lowest BCUT2D eigenvalue weighted by atomic mass is 10.1. The van der Waals surface area contributed by atoms with Crippen LogP contribution in [0, 0.1) is 0 Å². The molecule has 0 bridgehead atoms. The van der Waals surface area contributed by atoms with Gasteiger partial charge in [-0.3, -0.25) is 14.5 Å². The topological polar surface area (TPSA) is 46.6 Å². The van der Waals surface area contributed by atoms with E-state index >= 15 is 0 Å². The van der Waals surface area contributed by atoms with Crippen LogP contribution in [0.15, 0.2) is 0 Å². The Morgan fingerprint density at radius 2 is 2.11 bits per heavy atom. The lowest BCUT2D eigenvalue weighted by Crippen LogP contribution is -2.45. The zero-order valence-corrected chi connectivity index (χ0v) is 11.8. The average Bonchev–Trinajstić information content (AvgIpc) is 2.73. The third-order valence-electron chi connectivity index (χ3n) is 3.47. The number of likely N-dealkylation sites (tertiary alicyclic amines) is 1. The van der Waals surface area contributed by atoms with Crippen molar-refractivity contribution in [3.05, 3.63) is 0 Å². The molecule has 4 nitrogen and oxygen atoms in total. The molecule has 18 heavy (non-hydrogen) atoms. The molecule has 0 aromatic heterocycles. The van der Waals surface area contributed by atoms with Crippen LogP contribution in [-0.2, 0) is 14.3 Å². The van der Waals surface area contributed by atoms with Gasteiger partial charge in [0, 0.05) is 12.5 Å². The van der Waals surface area contributed by atoms with Gasteiger partial charge in [0.25, 0.3) is 0 Å². The fourth-order valence-electron chi connectivity index (χ4n) is 2.75. The monoisotopic (exact) mass is 255 g/mol. The highest BCUT2D eigenvalue weighted by atomic mass is 16.5. The lowest BCUT2D eigenvalue weighted by Gasteiger charge is -2.31. The minimum Gasteiger partial charge on any atom is -0.465 e. The highest BCUT2D eigenvalue weighted by Gasteiger charge is 2.35. The Hall–Kier alpha value is -0.900. The molecule has 1 heterocycles. The van der Waals surface area contributed by atoms with Gasteiger partial charge in [0.05, 0.1) is 6.61 Å². The number of nitrogens with zero attached hydrogens (tertiary/aromatic N) is 1. The molecule has 0 spiro atoms. The van der Waals surface area contributed by atoms with Crippen molar-refractivity contribution in [1.82, 2.24) is 4.90 Å². The molecule has 1 rings (SSSR count). The lowest BCUT2D eigenvalue weighted by molar-refractivity contribution is -0.150. The van der Waals surface area contributed by atoms with Crippen molar-refractivity contribution in [1.29, 1.82) is 0 Å². The number of rotatable bonds is 7. The summed E-state index contributed by atoms with van der Waals surface area (Å²) in [5.74, 6) is 0.0702. The van der Waals surface area contributed by atoms with Gasteiger partial charge in [0.2, 0.25) is 0 Å². The first kappa shape index (κ1) is 15.2. The second-order valence-electron chi connectivity index (χ2n) is 5.00. The Morgan fingerprint density at radius 1 is 1.39 bits per heavy atom. The zero-order valence-electron chi connectivity index (χ0n) is 11.8. The Labute approximate surface area is 110 Å². The molecule has 0 saturated carbocycles. The van der Waals surface area contributed by atoms with Crippen LogP contribution >= 0.6 is 0 Å². The second kappa shape index (κ2) is 7.52. The number of hydrogen-bond donors (Lipinski definition) is 0. The molecule has 0 N–H and O–H groups in total. The van der Waals surface area contributed by atoms with Crippen molar-refractivity contribution in [3.8, 4) is 0 Å². The Morgan fingerprint density at radius 3 is 2.67 bits per heavy atom. The van der Waals surface area contributed by atoms with Crippen molar-refractivity contribution in [3.63, 3.8) is 0 Å². The van der Waals surface area contributed by atoms with Crippen LogP contribution < -0.4 is 0 Å². The molecule has 0 amide bonds. The maximum atomic E-state index is 12.0. The van der Waals surface area contributed by atoms with Crippen LogP contribution in [0.4, 0.5) is 0 Å².